The summed E-state index contributed by atoms with van der Waals surface area (Å²) in [7, 11) is 0. The van der Waals surface area contributed by atoms with Crippen LogP contribution in [0.1, 0.15) is 13.8 Å². The van der Waals surface area contributed by atoms with Crippen molar-refractivity contribution in [3.05, 3.63) is 0 Å². The van der Waals surface area contributed by atoms with E-state index >= 15 is 0 Å². The first kappa shape index (κ1) is 13.6. The van der Waals surface area contributed by atoms with E-state index in [1.165, 1.54) is 0 Å². The van der Waals surface area contributed by atoms with Crippen LogP contribution < -0.4 is 0 Å². The molecule has 1 N–H and O–H groups in total. The van der Waals surface area contributed by atoms with Crippen LogP contribution in [0.4, 0.5) is 0 Å². The molecule has 0 radical (unpaired) electrons. The summed E-state index contributed by atoms with van der Waals surface area (Å²) in [6.45, 7) is 4.03. The van der Waals surface area contributed by atoms with E-state index in [0.29, 0.717) is 0 Å². The Balaban J connectivity index is 4.05. The predicted molar refractivity (Wildman–Crippen MR) is 59.0 cm³/mol. The highest BCUT2D eigenvalue weighted by Gasteiger charge is 2.29. The molecule has 0 fully saturated rings. The fraction of sp³-hybridized carbons (Fsp3) is 0.750. The first-order valence-corrected chi connectivity index (χ1v) is 5.15. The molecule has 14 heavy (non-hydrogen) atoms. The second kappa shape index (κ2) is 6.19. The number of carbonyl (C=O) groups is 2. The van der Waals surface area contributed by atoms with Crippen molar-refractivity contribution in [2.45, 2.75) is 24.3 Å². The number of carbonyl (C=O) groups excluding carboxylic acids is 1. The maximum atomic E-state index is 11.2. The molecule has 0 bridgehead atoms. The van der Waals surface area contributed by atoms with Gasteiger partial charge in [-0.1, -0.05) is 13.8 Å². The van der Waals surface area contributed by atoms with Crippen LogP contribution in [0, 0.1) is 5.92 Å². The quantitative estimate of drug-likeness (QED) is 0.491. The number of rotatable bonds is 5. The first-order chi connectivity index (χ1) is 6.36. The van der Waals surface area contributed by atoms with E-state index in [4.69, 9.17) is 9.84 Å². The third-order valence-corrected chi connectivity index (χ3v) is 2.62. The molecule has 0 aromatic heterocycles. The van der Waals surface area contributed by atoms with Crippen molar-refractivity contribution < 1.29 is 19.4 Å². The average molecular weight is 238 g/mol. The van der Waals surface area contributed by atoms with Crippen LogP contribution in [0.3, 0.4) is 0 Å². The van der Waals surface area contributed by atoms with Crippen LogP contribution in [0.15, 0.2) is 0 Å². The van der Waals surface area contributed by atoms with Gasteiger partial charge in [-0.2, -0.15) is 25.3 Å². The highest BCUT2D eigenvalue weighted by molar-refractivity contribution is 7.86. The molecule has 0 aliphatic rings. The number of hydrogen-bond donors (Lipinski definition) is 3. The van der Waals surface area contributed by atoms with E-state index in [1.54, 1.807) is 0 Å². The van der Waals surface area contributed by atoms with E-state index in [-0.39, 0.29) is 12.5 Å². The highest BCUT2D eigenvalue weighted by atomic mass is 32.1. The van der Waals surface area contributed by atoms with Crippen molar-refractivity contribution in [3.8, 4) is 0 Å². The molecule has 6 heteroatoms. The third kappa shape index (κ3) is 4.76. The average Bonchev–Trinajstić information content (AvgIpc) is 2.11. The zero-order chi connectivity index (χ0) is 11.3. The van der Waals surface area contributed by atoms with Gasteiger partial charge < -0.3 is 9.84 Å². The van der Waals surface area contributed by atoms with Crippen LogP contribution in [-0.4, -0.2) is 34.2 Å². The van der Waals surface area contributed by atoms with Gasteiger partial charge in [-0.3, -0.25) is 9.59 Å². The topological polar surface area (TPSA) is 63.6 Å². The van der Waals surface area contributed by atoms with Gasteiger partial charge in [0.1, 0.15) is 10.5 Å². The predicted octanol–water partition coefficient (Wildman–Crippen LogP) is 0.867. The van der Waals surface area contributed by atoms with Crippen LogP contribution in [0.5, 0.6) is 0 Å². The molecule has 2 unspecified atom stereocenters. The summed E-state index contributed by atoms with van der Waals surface area (Å²) >= 11 is 7.56. The Morgan fingerprint density at radius 3 is 2.14 bits per heavy atom. The van der Waals surface area contributed by atoms with E-state index < -0.39 is 22.4 Å². The summed E-state index contributed by atoms with van der Waals surface area (Å²) < 4.78 is 4.81. The SMILES string of the molecule is CC(C)COC(=O)C(S)C(S)C(=O)O. The molecule has 0 rings (SSSR count). The molecule has 0 saturated heterocycles. The standard InChI is InChI=1S/C8H14O4S2/c1-4(2)3-12-8(11)6(14)5(13)7(9)10/h4-6,13-14H,3H2,1-2H3,(H,9,10). The van der Waals surface area contributed by atoms with Gasteiger partial charge in [0, 0.05) is 0 Å². The maximum Gasteiger partial charge on any atom is 0.320 e. The summed E-state index contributed by atoms with van der Waals surface area (Å²) in [5.41, 5.74) is 0. The Morgan fingerprint density at radius 2 is 1.79 bits per heavy atom. The number of carboxylic acid groups (broad SMARTS) is 1. The minimum atomic E-state index is -1.19. The molecule has 0 aromatic carbocycles. The van der Waals surface area contributed by atoms with Gasteiger partial charge in [-0.15, -0.1) is 0 Å². The fourth-order valence-corrected chi connectivity index (χ4v) is 0.922. The van der Waals surface area contributed by atoms with Crippen LogP contribution in [0.25, 0.3) is 0 Å². The van der Waals surface area contributed by atoms with Crippen LogP contribution in [-0.2, 0) is 14.3 Å². The lowest BCUT2D eigenvalue weighted by Gasteiger charge is -2.14. The summed E-state index contributed by atoms with van der Waals surface area (Å²) in [5.74, 6) is -1.62. The van der Waals surface area contributed by atoms with Crippen LogP contribution in [0.2, 0.25) is 0 Å². The second-order valence-electron chi connectivity index (χ2n) is 3.25. The van der Waals surface area contributed by atoms with Gasteiger partial charge in [0.2, 0.25) is 0 Å². The van der Waals surface area contributed by atoms with E-state index in [9.17, 15) is 9.59 Å². The van der Waals surface area contributed by atoms with E-state index in [1.807, 2.05) is 13.8 Å². The maximum absolute atomic E-state index is 11.2. The highest BCUT2D eigenvalue weighted by Crippen LogP contribution is 2.11. The molecule has 4 nitrogen and oxygen atoms in total. The summed E-state index contributed by atoms with van der Waals surface area (Å²) in [6, 6.07) is 0. The number of thiol groups is 2. The Bertz CT molecular complexity index is 217. The van der Waals surface area contributed by atoms with Gasteiger partial charge in [-0.05, 0) is 5.92 Å². The summed E-state index contributed by atoms with van der Waals surface area (Å²) in [4.78, 5) is 21.6. The van der Waals surface area contributed by atoms with Crippen molar-refractivity contribution in [1.29, 1.82) is 0 Å². The van der Waals surface area contributed by atoms with Gasteiger partial charge in [-0.25, -0.2) is 0 Å². The number of aliphatic carboxylic acids is 1. The number of hydrogen-bond acceptors (Lipinski definition) is 5. The largest absolute Gasteiger partial charge is 0.480 e. The van der Waals surface area contributed by atoms with Crippen molar-refractivity contribution >= 4 is 37.2 Å². The molecule has 2 atom stereocenters. The molecule has 0 amide bonds. The lowest BCUT2D eigenvalue weighted by Crippen LogP contribution is -2.33. The van der Waals surface area contributed by atoms with E-state index in [2.05, 4.69) is 25.3 Å². The molecule has 0 aromatic rings. The Hall–Kier alpha value is -0.360. The lowest BCUT2D eigenvalue weighted by molar-refractivity contribution is -0.147. The minimum absolute atomic E-state index is 0.211. The molecule has 0 saturated carbocycles. The van der Waals surface area contributed by atoms with Crippen molar-refractivity contribution in [2.24, 2.45) is 5.92 Å². The Kier molecular flexibility index (Phi) is 6.03. The van der Waals surface area contributed by atoms with Crippen molar-refractivity contribution in [2.75, 3.05) is 6.61 Å². The zero-order valence-electron chi connectivity index (χ0n) is 8.01. The normalized spacial score (nSPS) is 14.9. The van der Waals surface area contributed by atoms with Crippen molar-refractivity contribution in [1.82, 2.24) is 0 Å². The van der Waals surface area contributed by atoms with Crippen LogP contribution >= 0.6 is 25.3 Å². The van der Waals surface area contributed by atoms with Gasteiger partial charge >= 0.3 is 11.9 Å². The molecule has 0 aliphatic heterocycles. The molecule has 0 spiro atoms. The van der Waals surface area contributed by atoms with Gasteiger partial charge in [0.25, 0.3) is 0 Å². The fourth-order valence-electron chi connectivity index (χ4n) is 0.598. The first-order valence-electron chi connectivity index (χ1n) is 4.11. The second-order valence-corrected chi connectivity index (χ2v) is 4.36. The lowest BCUT2D eigenvalue weighted by atomic mass is 10.2. The summed E-state index contributed by atoms with van der Waals surface area (Å²) in [6.07, 6.45) is 0. The monoisotopic (exact) mass is 238 g/mol. The molecule has 82 valence electrons. The number of esters is 1. The number of carboxylic acids is 1. The third-order valence-electron chi connectivity index (χ3n) is 1.35. The Morgan fingerprint density at radius 1 is 1.29 bits per heavy atom. The van der Waals surface area contributed by atoms with Crippen molar-refractivity contribution in [3.63, 3.8) is 0 Å². The molecular weight excluding hydrogens is 224 g/mol. The van der Waals surface area contributed by atoms with Gasteiger partial charge in [0.05, 0.1) is 6.61 Å². The number of ether oxygens (including phenoxy) is 1. The summed E-state index contributed by atoms with van der Waals surface area (Å²) in [5, 5.41) is 6.37. The zero-order valence-corrected chi connectivity index (χ0v) is 9.79. The van der Waals surface area contributed by atoms with E-state index in [0.717, 1.165) is 0 Å². The molecular formula is C8H14O4S2. The molecule has 0 aliphatic carbocycles. The smallest absolute Gasteiger partial charge is 0.320 e. The minimum Gasteiger partial charge on any atom is -0.480 e. The molecule has 0 heterocycles. The van der Waals surface area contributed by atoms with Gasteiger partial charge in [0.15, 0.2) is 0 Å². The Labute approximate surface area is 93.8 Å².